The number of aromatic nitrogens is 1. The number of Topliss-reactive ketones (excluding diaryl/α,β-unsaturated/α-hetero) is 1. The number of anilines is 1. The van der Waals surface area contributed by atoms with Gasteiger partial charge in [-0.3, -0.25) is 14.4 Å². The summed E-state index contributed by atoms with van der Waals surface area (Å²) in [5.41, 5.74) is -0.511. The molecule has 4 heterocycles. The number of amides is 1. The first-order valence-electron chi connectivity index (χ1n) is 9.74. The Morgan fingerprint density at radius 3 is 2.71 bits per heavy atom. The third-order valence-electron chi connectivity index (χ3n) is 6.14. The molecule has 1 atom stereocenters. The van der Waals surface area contributed by atoms with Crippen LogP contribution in [0.25, 0.3) is 5.57 Å². The molecule has 0 saturated carbocycles. The Balaban J connectivity index is 1.69. The van der Waals surface area contributed by atoms with Crippen molar-refractivity contribution in [2.75, 3.05) is 11.6 Å². The number of cyclic esters (lactones) is 1. The summed E-state index contributed by atoms with van der Waals surface area (Å²) in [5.74, 6) is -1.71. The molecule has 2 N–H and O–H groups in total. The van der Waals surface area contributed by atoms with E-state index in [4.69, 9.17) is 4.74 Å². The molecule has 3 aliphatic heterocycles. The van der Waals surface area contributed by atoms with E-state index in [0.29, 0.717) is 11.3 Å². The fourth-order valence-electron chi connectivity index (χ4n) is 4.40. The number of benzene rings is 1. The number of esters is 1. The van der Waals surface area contributed by atoms with E-state index in [2.05, 4.69) is 5.32 Å². The Bertz CT molecular complexity index is 1310. The van der Waals surface area contributed by atoms with E-state index in [0.717, 1.165) is 4.90 Å². The molecule has 2 aromatic rings. The molecule has 0 radical (unpaired) electrons. The standard InChI is InChI=1S/C22H18N2O6S/c1-3-22(29)14-7-16-18(25)12(8-24(16)20(27)13(14)9-30-21(22)28)17-11-5-4-10(31-2)6-15(11)23-19(17)26/h4-7,29H,3,8-9H2,1-2H3,(H,23,26)/b17-12+/t22-/m0/s1. The summed E-state index contributed by atoms with van der Waals surface area (Å²) in [5, 5.41) is 13.6. The monoisotopic (exact) mass is 438 g/mol. The molecule has 0 bridgehead atoms. The average molecular weight is 438 g/mol. The number of thioether (sulfide) groups is 1. The number of ether oxygens (including phenoxy) is 1. The van der Waals surface area contributed by atoms with Gasteiger partial charge in [-0.15, -0.1) is 11.8 Å². The van der Waals surface area contributed by atoms with Crippen LogP contribution in [0.4, 0.5) is 5.69 Å². The molecule has 0 unspecified atom stereocenters. The van der Waals surface area contributed by atoms with Crippen LogP contribution in [0.5, 0.6) is 0 Å². The third-order valence-corrected chi connectivity index (χ3v) is 6.86. The van der Waals surface area contributed by atoms with Crippen molar-refractivity contribution in [3.05, 3.63) is 62.6 Å². The smallest absolute Gasteiger partial charge is 0.343 e. The van der Waals surface area contributed by atoms with E-state index in [9.17, 15) is 24.3 Å². The molecule has 31 heavy (non-hydrogen) atoms. The molecule has 1 amide bonds. The summed E-state index contributed by atoms with van der Waals surface area (Å²) in [4.78, 5) is 52.3. The fourth-order valence-corrected chi connectivity index (χ4v) is 4.84. The fraction of sp³-hybridized carbons (Fsp3) is 0.273. The van der Waals surface area contributed by atoms with Gasteiger partial charge < -0.3 is 19.7 Å². The molecule has 8 nitrogen and oxygen atoms in total. The molecule has 0 saturated heterocycles. The van der Waals surface area contributed by atoms with E-state index < -0.39 is 28.8 Å². The Morgan fingerprint density at radius 2 is 2.00 bits per heavy atom. The van der Waals surface area contributed by atoms with Crippen LogP contribution in [0.1, 0.15) is 40.5 Å². The topological polar surface area (TPSA) is 115 Å². The molecular weight excluding hydrogens is 420 g/mol. The highest BCUT2D eigenvalue weighted by molar-refractivity contribution is 7.98. The number of hydrogen-bond donors (Lipinski definition) is 2. The average Bonchev–Trinajstić information content (AvgIpc) is 3.26. The number of ketones is 1. The van der Waals surface area contributed by atoms with Crippen LogP contribution in [-0.2, 0) is 33.1 Å². The second-order valence-electron chi connectivity index (χ2n) is 7.65. The number of carbonyl (C=O) groups is 3. The summed E-state index contributed by atoms with van der Waals surface area (Å²) in [6.07, 6.45) is 1.92. The zero-order chi connectivity index (χ0) is 22.1. The van der Waals surface area contributed by atoms with Crippen molar-refractivity contribution in [1.29, 1.82) is 0 Å². The Morgan fingerprint density at radius 1 is 1.23 bits per heavy atom. The molecule has 5 rings (SSSR count). The number of pyridine rings is 1. The zero-order valence-electron chi connectivity index (χ0n) is 16.8. The van der Waals surface area contributed by atoms with Crippen molar-refractivity contribution in [1.82, 2.24) is 4.57 Å². The van der Waals surface area contributed by atoms with Gasteiger partial charge >= 0.3 is 5.97 Å². The van der Waals surface area contributed by atoms with Crippen LogP contribution in [-0.4, -0.2) is 33.6 Å². The number of nitrogens with zero attached hydrogens (tertiary/aromatic N) is 1. The second-order valence-corrected chi connectivity index (χ2v) is 8.53. The Labute approximate surface area is 180 Å². The van der Waals surface area contributed by atoms with Crippen molar-refractivity contribution in [2.24, 2.45) is 0 Å². The van der Waals surface area contributed by atoms with Crippen LogP contribution < -0.4 is 10.9 Å². The van der Waals surface area contributed by atoms with Crippen LogP contribution in [0, 0.1) is 0 Å². The third kappa shape index (κ3) is 2.60. The minimum atomic E-state index is -1.98. The van der Waals surface area contributed by atoms with Gasteiger partial charge in [0, 0.05) is 21.6 Å². The summed E-state index contributed by atoms with van der Waals surface area (Å²) < 4.78 is 6.30. The van der Waals surface area contributed by atoms with Crippen molar-refractivity contribution in [3.8, 4) is 0 Å². The molecule has 0 aliphatic carbocycles. The highest BCUT2D eigenvalue weighted by Gasteiger charge is 2.46. The van der Waals surface area contributed by atoms with Crippen molar-refractivity contribution < 1.29 is 24.2 Å². The molecule has 158 valence electrons. The van der Waals surface area contributed by atoms with Crippen molar-refractivity contribution in [2.45, 2.75) is 37.0 Å². The minimum absolute atomic E-state index is 0.00256. The Hall–Kier alpha value is -3.17. The number of rotatable bonds is 2. The number of nitrogens with one attached hydrogen (secondary N) is 1. The number of fused-ring (bicyclic) bond motifs is 3. The lowest BCUT2D eigenvalue weighted by atomic mass is 9.86. The maximum Gasteiger partial charge on any atom is 0.343 e. The van der Waals surface area contributed by atoms with E-state index in [1.165, 1.54) is 22.4 Å². The van der Waals surface area contributed by atoms with Crippen LogP contribution in [0.2, 0.25) is 0 Å². The predicted octanol–water partition coefficient (Wildman–Crippen LogP) is 1.83. The molecule has 1 aromatic carbocycles. The lowest BCUT2D eigenvalue weighted by molar-refractivity contribution is -0.172. The van der Waals surface area contributed by atoms with E-state index in [-0.39, 0.29) is 47.5 Å². The maximum atomic E-state index is 13.3. The lowest BCUT2D eigenvalue weighted by Gasteiger charge is -2.31. The van der Waals surface area contributed by atoms with Gasteiger partial charge in [0.2, 0.25) is 5.78 Å². The van der Waals surface area contributed by atoms with Crippen LogP contribution in [0.3, 0.4) is 0 Å². The lowest BCUT2D eigenvalue weighted by Crippen LogP contribution is -2.44. The first kappa shape index (κ1) is 19.8. The minimum Gasteiger partial charge on any atom is -0.458 e. The van der Waals surface area contributed by atoms with Gasteiger partial charge in [-0.25, -0.2) is 4.79 Å². The summed E-state index contributed by atoms with van der Waals surface area (Å²) in [7, 11) is 0. The molecule has 9 heteroatoms. The van der Waals surface area contributed by atoms with Crippen molar-refractivity contribution >= 4 is 40.7 Å². The van der Waals surface area contributed by atoms with Crippen LogP contribution >= 0.6 is 11.8 Å². The van der Waals surface area contributed by atoms with Gasteiger partial charge in [0.1, 0.15) is 6.61 Å². The first-order valence-corrected chi connectivity index (χ1v) is 11.0. The zero-order valence-corrected chi connectivity index (χ0v) is 17.6. The quantitative estimate of drug-likeness (QED) is 0.418. The van der Waals surface area contributed by atoms with E-state index in [1.54, 1.807) is 13.0 Å². The number of allylic oxidation sites excluding steroid dienone is 1. The first-order chi connectivity index (χ1) is 14.8. The van der Waals surface area contributed by atoms with Crippen LogP contribution in [0.15, 0.2) is 39.5 Å². The number of hydrogen-bond acceptors (Lipinski definition) is 7. The van der Waals surface area contributed by atoms with Gasteiger partial charge in [0.25, 0.3) is 11.5 Å². The summed E-state index contributed by atoms with van der Waals surface area (Å²) in [6, 6.07) is 6.88. The van der Waals surface area contributed by atoms with Gasteiger partial charge in [-0.1, -0.05) is 13.0 Å². The highest BCUT2D eigenvalue weighted by atomic mass is 32.2. The van der Waals surface area contributed by atoms with Crippen molar-refractivity contribution in [3.63, 3.8) is 0 Å². The van der Waals surface area contributed by atoms with Gasteiger partial charge in [-0.05, 0) is 30.9 Å². The number of aliphatic hydroxyl groups is 1. The van der Waals surface area contributed by atoms with Gasteiger partial charge in [0.15, 0.2) is 5.60 Å². The van der Waals surface area contributed by atoms with E-state index in [1.807, 2.05) is 18.4 Å². The normalized spacial score (nSPS) is 23.9. The summed E-state index contributed by atoms with van der Waals surface area (Å²) >= 11 is 1.54. The number of carbonyl (C=O) groups excluding carboxylic acids is 3. The molecule has 3 aliphatic rings. The molecule has 0 spiro atoms. The predicted molar refractivity (Wildman–Crippen MR) is 113 cm³/mol. The maximum absolute atomic E-state index is 13.3. The van der Waals surface area contributed by atoms with Gasteiger partial charge in [0.05, 0.1) is 29.1 Å². The highest BCUT2D eigenvalue weighted by Crippen LogP contribution is 2.40. The second kappa shape index (κ2) is 6.66. The van der Waals surface area contributed by atoms with E-state index >= 15 is 0 Å². The molecule has 1 aromatic heterocycles. The van der Waals surface area contributed by atoms with Gasteiger partial charge in [-0.2, -0.15) is 0 Å². The largest absolute Gasteiger partial charge is 0.458 e. The molecular formula is C22H18N2O6S. The SMILES string of the molecule is CC[C@@]1(O)C(=O)OCc2c1cc1n(c2=O)C/C(=C2\C(=O)Nc3cc(SC)ccc32)C1=O. The summed E-state index contributed by atoms with van der Waals surface area (Å²) in [6.45, 7) is 1.26. The Kier molecular flexibility index (Phi) is 4.25. The molecule has 0 fully saturated rings.